The highest BCUT2D eigenvalue weighted by molar-refractivity contribution is 5.78. The fraction of sp³-hybridized carbons (Fsp3) is 0.889. The van der Waals surface area contributed by atoms with Gasteiger partial charge in [0.1, 0.15) is 0 Å². The quantitative estimate of drug-likeness (QED) is 0.490. The molecule has 0 aliphatic carbocycles. The molecule has 0 heterocycles. The first kappa shape index (κ1) is 12.4. The molecule has 0 rings (SSSR count). The second kappa shape index (κ2) is 5.94. The summed E-state index contributed by atoms with van der Waals surface area (Å²) in [6, 6.07) is 0. The first-order valence-electron chi connectivity index (χ1n) is 4.50. The van der Waals surface area contributed by atoms with E-state index in [9.17, 15) is 4.79 Å². The summed E-state index contributed by atoms with van der Waals surface area (Å²) in [4.78, 5) is 11.3. The van der Waals surface area contributed by atoms with E-state index in [0.29, 0.717) is 13.2 Å². The predicted molar refractivity (Wildman–Crippen MR) is 50.6 cm³/mol. The molecule has 78 valence electrons. The van der Waals surface area contributed by atoms with Gasteiger partial charge in [0.05, 0.1) is 13.2 Å². The van der Waals surface area contributed by atoms with E-state index in [1.54, 1.807) is 20.8 Å². The van der Waals surface area contributed by atoms with Gasteiger partial charge in [0.15, 0.2) is 5.60 Å². The summed E-state index contributed by atoms with van der Waals surface area (Å²) in [7, 11) is 1.83. The van der Waals surface area contributed by atoms with Gasteiger partial charge in [0.25, 0.3) is 0 Å². The molecule has 0 aliphatic rings. The molecule has 0 bridgehead atoms. The number of nitrogens with one attached hydrogen (secondary N) is 1. The minimum atomic E-state index is -0.840. The van der Waals surface area contributed by atoms with E-state index in [2.05, 4.69) is 5.32 Å². The first-order valence-corrected chi connectivity index (χ1v) is 4.50. The summed E-state index contributed by atoms with van der Waals surface area (Å²) in [6.07, 6.45) is 0. The lowest BCUT2D eigenvalue weighted by atomic mass is 10.1. The average molecular weight is 189 g/mol. The van der Waals surface area contributed by atoms with Crippen molar-refractivity contribution in [1.82, 2.24) is 5.32 Å². The van der Waals surface area contributed by atoms with Gasteiger partial charge in [0.2, 0.25) is 0 Å². The minimum Gasteiger partial charge on any atom is -0.464 e. The number of ether oxygens (including phenoxy) is 2. The molecule has 0 fully saturated rings. The molecular formula is C9H19NO3. The number of hydrogen-bond acceptors (Lipinski definition) is 4. The monoisotopic (exact) mass is 189 g/mol. The fourth-order valence-electron chi connectivity index (χ4n) is 0.772. The summed E-state index contributed by atoms with van der Waals surface area (Å²) < 4.78 is 10.2. The SMILES string of the molecule is CCOC(=O)C(C)(C)OCCNC. The molecule has 0 aromatic heterocycles. The summed E-state index contributed by atoms with van der Waals surface area (Å²) in [6.45, 7) is 6.81. The Morgan fingerprint density at radius 3 is 2.54 bits per heavy atom. The van der Waals surface area contributed by atoms with Crippen LogP contribution in [0.1, 0.15) is 20.8 Å². The number of carbonyl (C=O) groups excluding carboxylic acids is 1. The highest BCUT2D eigenvalue weighted by atomic mass is 16.6. The smallest absolute Gasteiger partial charge is 0.337 e. The maximum absolute atomic E-state index is 11.3. The van der Waals surface area contributed by atoms with Crippen LogP contribution in [-0.2, 0) is 14.3 Å². The van der Waals surface area contributed by atoms with E-state index >= 15 is 0 Å². The molecular weight excluding hydrogens is 170 g/mol. The van der Waals surface area contributed by atoms with Gasteiger partial charge >= 0.3 is 5.97 Å². The lowest BCUT2D eigenvalue weighted by molar-refractivity contribution is -0.167. The van der Waals surface area contributed by atoms with Gasteiger partial charge in [-0.2, -0.15) is 0 Å². The lowest BCUT2D eigenvalue weighted by Gasteiger charge is -2.22. The van der Waals surface area contributed by atoms with Gasteiger partial charge < -0.3 is 14.8 Å². The molecule has 0 saturated carbocycles. The van der Waals surface area contributed by atoms with Crippen LogP contribution in [-0.4, -0.2) is 38.4 Å². The van der Waals surface area contributed by atoms with E-state index in [-0.39, 0.29) is 5.97 Å². The average Bonchev–Trinajstić information content (AvgIpc) is 2.05. The zero-order chi connectivity index (χ0) is 10.3. The standard InChI is InChI=1S/C9H19NO3/c1-5-12-8(11)9(2,3)13-7-6-10-4/h10H,5-7H2,1-4H3. The summed E-state index contributed by atoms with van der Waals surface area (Å²) in [5.41, 5.74) is -0.840. The highest BCUT2D eigenvalue weighted by Crippen LogP contribution is 2.10. The topological polar surface area (TPSA) is 47.6 Å². The van der Waals surface area contributed by atoms with Crippen LogP contribution in [0.5, 0.6) is 0 Å². The molecule has 0 atom stereocenters. The third-order valence-corrected chi connectivity index (χ3v) is 1.58. The van der Waals surface area contributed by atoms with Crippen molar-refractivity contribution in [1.29, 1.82) is 0 Å². The molecule has 0 aromatic carbocycles. The Hall–Kier alpha value is -0.610. The second-order valence-electron chi connectivity index (χ2n) is 3.18. The van der Waals surface area contributed by atoms with Crippen LogP contribution in [0.2, 0.25) is 0 Å². The van der Waals surface area contributed by atoms with Gasteiger partial charge in [-0.1, -0.05) is 0 Å². The fourth-order valence-corrected chi connectivity index (χ4v) is 0.772. The Morgan fingerprint density at radius 2 is 2.08 bits per heavy atom. The number of carbonyl (C=O) groups is 1. The van der Waals surface area contributed by atoms with E-state index < -0.39 is 5.60 Å². The Balaban J connectivity index is 3.83. The first-order chi connectivity index (χ1) is 6.04. The van der Waals surface area contributed by atoms with Crippen LogP contribution in [0.15, 0.2) is 0 Å². The second-order valence-corrected chi connectivity index (χ2v) is 3.18. The summed E-state index contributed by atoms with van der Waals surface area (Å²) in [5.74, 6) is -0.314. The van der Waals surface area contributed by atoms with Crippen LogP contribution in [0.25, 0.3) is 0 Å². The Kier molecular flexibility index (Phi) is 5.66. The molecule has 0 spiro atoms. The van der Waals surface area contributed by atoms with Crippen molar-refractivity contribution in [3.05, 3.63) is 0 Å². The third kappa shape index (κ3) is 4.85. The molecule has 0 unspecified atom stereocenters. The van der Waals surface area contributed by atoms with Crippen LogP contribution < -0.4 is 5.32 Å². The Labute approximate surface area is 79.6 Å². The van der Waals surface area contributed by atoms with Crippen molar-refractivity contribution in [3.8, 4) is 0 Å². The van der Waals surface area contributed by atoms with Gasteiger partial charge in [0, 0.05) is 6.54 Å². The summed E-state index contributed by atoms with van der Waals surface area (Å²) >= 11 is 0. The largest absolute Gasteiger partial charge is 0.464 e. The molecule has 0 radical (unpaired) electrons. The number of likely N-dealkylation sites (N-methyl/N-ethyl adjacent to an activating group) is 1. The van der Waals surface area contributed by atoms with Gasteiger partial charge in [-0.25, -0.2) is 4.79 Å². The van der Waals surface area contributed by atoms with E-state index in [4.69, 9.17) is 9.47 Å². The van der Waals surface area contributed by atoms with Crippen LogP contribution in [0.3, 0.4) is 0 Å². The van der Waals surface area contributed by atoms with Crippen molar-refractivity contribution in [3.63, 3.8) is 0 Å². The van der Waals surface area contributed by atoms with Crippen LogP contribution in [0.4, 0.5) is 0 Å². The number of hydrogen-bond donors (Lipinski definition) is 1. The highest BCUT2D eigenvalue weighted by Gasteiger charge is 2.29. The van der Waals surface area contributed by atoms with Crippen molar-refractivity contribution < 1.29 is 14.3 Å². The van der Waals surface area contributed by atoms with Gasteiger partial charge in [-0.3, -0.25) is 0 Å². The molecule has 0 aliphatic heterocycles. The molecule has 0 aromatic rings. The molecule has 0 amide bonds. The molecule has 4 nitrogen and oxygen atoms in total. The molecule has 4 heteroatoms. The minimum absolute atomic E-state index is 0.314. The van der Waals surface area contributed by atoms with Crippen LogP contribution in [0, 0.1) is 0 Å². The molecule has 1 N–H and O–H groups in total. The van der Waals surface area contributed by atoms with Crippen molar-refractivity contribution >= 4 is 5.97 Å². The van der Waals surface area contributed by atoms with Gasteiger partial charge in [-0.15, -0.1) is 0 Å². The van der Waals surface area contributed by atoms with E-state index in [1.165, 1.54) is 0 Å². The van der Waals surface area contributed by atoms with Gasteiger partial charge in [-0.05, 0) is 27.8 Å². The zero-order valence-electron chi connectivity index (χ0n) is 8.85. The molecule has 13 heavy (non-hydrogen) atoms. The predicted octanol–water partition coefficient (Wildman–Crippen LogP) is 0.564. The lowest BCUT2D eigenvalue weighted by Crippen LogP contribution is -2.38. The van der Waals surface area contributed by atoms with Crippen molar-refractivity contribution in [2.75, 3.05) is 26.8 Å². The van der Waals surface area contributed by atoms with E-state index in [0.717, 1.165) is 6.54 Å². The number of esters is 1. The third-order valence-electron chi connectivity index (χ3n) is 1.58. The van der Waals surface area contributed by atoms with Crippen molar-refractivity contribution in [2.45, 2.75) is 26.4 Å². The summed E-state index contributed by atoms with van der Waals surface area (Å²) in [5, 5.41) is 2.93. The Morgan fingerprint density at radius 1 is 1.46 bits per heavy atom. The van der Waals surface area contributed by atoms with Crippen molar-refractivity contribution in [2.24, 2.45) is 0 Å². The van der Waals surface area contributed by atoms with E-state index in [1.807, 2.05) is 7.05 Å². The maximum atomic E-state index is 11.3. The normalized spacial score (nSPS) is 11.4. The molecule has 0 saturated heterocycles. The Bertz CT molecular complexity index is 157. The number of rotatable bonds is 6. The van der Waals surface area contributed by atoms with Crippen LogP contribution >= 0.6 is 0 Å². The zero-order valence-corrected chi connectivity index (χ0v) is 8.85. The maximum Gasteiger partial charge on any atom is 0.337 e.